The molecule has 36 valence electrons. The zero-order valence-corrected chi connectivity index (χ0v) is 5.60. The second-order valence-electron chi connectivity index (χ2n) is 0.744. The maximum Gasteiger partial charge on any atom is -0.0142 e. The van der Waals surface area contributed by atoms with Crippen molar-refractivity contribution in [1.82, 2.24) is 0 Å². The molecule has 0 bridgehead atoms. The Morgan fingerprint density at radius 3 is 1.50 bits per heavy atom. The molecule has 0 aromatic heterocycles. The molecular formula is C4H8S2. The zero-order chi connectivity index (χ0) is 4.83. The zero-order valence-electron chi connectivity index (χ0n) is 3.97. The van der Waals surface area contributed by atoms with E-state index in [9.17, 15) is 0 Å². The molecule has 0 spiro atoms. The Kier molecular flexibility index (Phi) is 5.84. The third-order valence-corrected chi connectivity index (χ3v) is 1.32. The minimum absolute atomic E-state index is 1.72. The van der Waals surface area contributed by atoms with E-state index < -0.39 is 0 Å². The van der Waals surface area contributed by atoms with Gasteiger partial charge in [-0.15, -0.1) is 23.5 Å². The highest BCUT2D eigenvalue weighted by atomic mass is 32.2. The van der Waals surface area contributed by atoms with E-state index >= 15 is 0 Å². The van der Waals surface area contributed by atoms with Gasteiger partial charge in [-0.3, -0.25) is 0 Å². The number of thioether (sulfide) groups is 2. The molecule has 0 fully saturated rings. The average Bonchev–Trinajstić information content (AvgIpc) is 1.61. The highest BCUT2D eigenvalue weighted by Crippen LogP contribution is 1.99. The average molecular weight is 120 g/mol. The third-order valence-electron chi connectivity index (χ3n) is 0.328. The van der Waals surface area contributed by atoms with Crippen molar-refractivity contribution in [3.05, 3.63) is 10.8 Å². The van der Waals surface area contributed by atoms with Gasteiger partial charge in [-0.25, -0.2) is 0 Å². The maximum atomic E-state index is 2.06. The molecule has 0 saturated carbocycles. The fourth-order valence-electron chi connectivity index (χ4n) is 0.111. The summed E-state index contributed by atoms with van der Waals surface area (Å²) in [5, 5.41) is 4.12. The van der Waals surface area contributed by atoms with Gasteiger partial charge in [-0.2, -0.15) is 0 Å². The van der Waals surface area contributed by atoms with E-state index in [-0.39, 0.29) is 0 Å². The van der Waals surface area contributed by atoms with Crippen LogP contribution in [0.5, 0.6) is 0 Å². The van der Waals surface area contributed by atoms with Crippen LogP contribution in [0.15, 0.2) is 10.8 Å². The van der Waals surface area contributed by atoms with E-state index in [2.05, 4.69) is 10.8 Å². The predicted octanol–water partition coefficient (Wildman–Crippen LogP) is 2.18. The van der Waals surface area contributed by atoms with Crippen LogP contribution in [0.4, 0.5) is 0 Å². The molecule has 0 atom stereocenters. The first kappa shape index (κ1) is 6.44. The Balaban J connectivity index is 2.73. The lowest BCUT2D eigenvalue weighted by molar-refractivity contribution is 2.39. The standard InChI is InChI=1S/C4H8S2/c1-5-3-4-6-2/h3-4H,1-2H3/b4-3+. The topological polar surface area (TPSA) is 0 Å². The van der Waals surface area contributed by atoms with Crippen LogP contribution in [0, 0.1) is 0 Å². The Morgan fingerprint density at radius 1 is 1.00 bits per heavy atom. The van der Waals surface area contributed by atoms with Crippen LogP contribution in [0.3, 0.4) is 0 Å². The first-order valence-corrected chi connectivity index (χ1v) is 4.20. The normalized spacial score (nSPS) is 10.3. The highest BCUT2D eigenvalue weighted by molar-refractivity contribution is 8.04. The minimum atomic E-state index is 1.72. The van der Waals surface area contributed by atoms with Gasteiger partial charge in [0, 0.05) is 0 Å². The van der Waals surface area contributed by atoms with E-state index in [0.717, 1.165) is 0 Å². The second kappa shape index (κ2) is 5.44. The lowest BCUT2D eigenvalue weighted by atomic mass is 11.3. The smallest absolute Gasteiger partial charge is 0.0142 e. The summed E-state index contributed by atoms with van der Waals surface area (Å²) in [4.78, 5) is 0. The van der Waals surface area contributed by atoms with E-state index in [1.165, 1.54) is 0 Å². The summed E-state index contributed by atoms with van der Waals surface area (Å²) in [5.41, 5.74) is 0. The Hall–Kier alpha value is 0.440. The van der Waals surface area contributed by atoms with Gasteiger partial charge in [0.2, 0.25) is 0 Å². The largest absolute Gasteiger partial charge is 0.137 e. The van der Waals surface area contributed by atoms with E-state index in [1.54, 1.807) is 23.5 Å². The molecule has 0 aromatic carbocycles. The molecule has 0 aromatic rings. The first-order valence-electron chi connectivity index (χ1n) is 1.62. The Morgan fingerprint density at radius 2 is 1.33 bits per heavy atom. The minimum Gasteiger partial charge on any atom is -0.137 e. The van der Waals surface area contributed by atoms with Gasteiger partial charge >= 0.3 is 0 Å². The second-order valence-corrected chi connectivity index (χ2v) is 2.23. The summed E-state index contributed by atoms with van der Waals surface area (Å²) in [6.07, 6.45) is 4.10. The van der Waals surface area contributed by atoms with Gasteiger partial charge in [-0.05, 0) is 23.3 Å². The van der Waals surface area contributed by atoms with Crippen molar-refractivity contribution in [3.8, 4) is 0 Å². The van der Waals surface area contributed by atoms with Crippen molar-refractivity contribution in [2.75, 3.05) is 12.5 Å². The molecule has 0 aliphatic heterocycles. The lowest BCUT2D eigenvalue weighted by Crippen LogP contribution is -1.39. The van der Waals surface area contributed by atoms with E-state index in [0.29, 0.717) is 0 Å². The van der Waals surface area contributed by atoms with Gasteiger partial charge in [0.1, 0.15) is 0 Å². The molecule has 0 heterocycles. The van der Waals surface area contributed by atoms with Crippen LogP contribution < -0.4 is 0 Å². The summed E-state index contributed by atoms with van der Waals surface area (Å²) in [5.74, 6) is 0. The molecule has 0 radical (unpaired) electrons. The third kappa shape index (κ3) is 4.44. The quantitative estimate of drug-likeness (QED) is 0.548. The van der Waals surface area contributed by atoms with Crippen molar-refractivity contribution >= 4 is 23.5 Å². The van der Waals surface area contributed by atoms with E-state index in [1.807, 2.05) is 12.5 Å². The fraction of sp³-hybridized carbons (Fsp3) is 0.500. The fourth-order valence-corrected chi connectivity index (χ4v) is 1.00. The molecular weight excluding hydrogens is 112 g/mol. The summed E-state index contributed by atoms with van der Waals surface area (Å²) < 4.78 is 0. The summed E-state index contributed by atoms with van der Waals surface area (Å²) in [6.45, 7) is 0. The molecule has 0 aliphatic carbocycles. The first-order chi connectivity index (χ1) is 2.91. The maximum absolute atomic E-state index is 2.06. The molecule has 0 unspecified atom stereocenters. The van der Waals surface area contributed by atoms with Crippen molar-refractivity contribution in [2.45, 2.75) is 0 Å². The predicted molar refractivity (Wildman–Crippen MR) is 36.2 cm³/mol. The van der Waals surface area contributed by atoms with Gasteiger partial charge in [-0.1, -0.05) is 0 Å². The molecule has 0 aliphatic rings. The van der Waals surface area contributed by atoms with Crippen LogP contribution in [0.1, 0.15) is 0 Å². The molecule has 6 heavy (non-hydrogen) atoms. The SMILES string of the molecule is CS/C=C/SC. The van der Waals surface area contributed by atoms with Gasteiger partial charge < -0.3 is 0 Å². The summed E-state index contributed by atoms with van der Waals surface area (Å²) >= 11 is 3.45. The molecule has 2 heteroatoms. The van der Waals surface area contributed by atoms with Crippen molar-refractivity contribution in [3.63, 3.8) is 0 Å². The number of rotatable bonds is 2. The van der Waals surface area contributed by atoms with Crippen LogP contribution in [0.2, 0.25) is 0 Å². The number of hydrogen-bond donors (Lipinski definition) is 0. The monoisotopic (exact) mass is 120 g/mol. The Bertz CT molecular complexity index is 34.8. The molecule has 0 saturated heterocycles. The van der Waals surface area contributed by atoms with Gasteiger partial charge in [0.25, 0.3) is 0 Å². The van der Waals surface area contributed by atoms with Gasteiger partial charge in [0.05, 0.1) is 0 Å². The lowest BCUT2D eigenvalue weighted by Gasteiger charge is -1.73. The van der Waals surface area contributed by atoms with Crippen LogP contribution in [-0.2, 0) is 0 Å². The summed E-state index contributed by atoms with van der Waals surface area (Å²) in [7, 11) is 0. The van der Waals surface area contributed by atoms with E-state index in [4.69, 9.17) is 0 Å². The number of hydrogen-bond acceptors (Lipinski definition) is 2. The molecule has 0 nitrogen and oxygen atoms in total. The van der Waals surface area contributed by atoms with Crippen molar-refractivity contribution in [1.29, 1.82) is 0 Å². The van der Waals surface area contributed by atoms with Crippen molar-refractivity contribution < 1.29 is 0 Å². The Labute approximate surface area is 47.4 Å². The van der Waals surface area contributed by atoms with Crippen molar-refractivity contribution in [2.24, 2.45) is 0 Å². The van der Waals surface area contributed by atoms with Gasteiger partial charge in [0.15, 0.2) is 0 Å². The highest BCUT2D eigenvalue weighted by Gasteiger charge is 1.59. The molecule has 0 N–H and O–H groups in total. The molecule has 0 rings (SSSR count). The van der Waals surface area contributed by atoms with Crippen LogP contribution >= 0.6 is 23.5 Å². The molecule has 0 amide bonds. The summed E-state index contributed by atoms with van der Waals surface area (Å²) in [6, 6.07) is 0. The van der Waals surface area contributed by atoms with Crippen LogP contribution in [-0.4, -0.2) is 12.5 Å². The van der Waals surface area contributed by atoms with Crippen LogP contribution in [0.25, 0.3) is 0 Å².